The molecule has 0 heterocycles. The van der Waals surface area contributed by atoms with Gasteiger partial charge in [-0.25, -0.2) is 0 Å². The van der Waals surface area contributed by atoms with Crippen molar-refractivity contribution in [2.75, 3.05) is 0 Å². The summed E-state index contributed by atoms with van der Waals surface area (Å²) in [5.41, 5.74) is 0.883. The van der Waals surface area contributed by atoms with E-state index in [0.717, 1.165) is 5.41 Å². The van der Waals surface area contributed by atoms with Crippen molar-refractivity contribution >= 4 is 0 Å². The van der Waals surface area contributed by atoms with E-state index in [4.69, 9.17) is 0 Å². The van der Waals surface area contributed by atoms with Gasteiger partial charge in [-0.1, -0.05) is 6.92 Å². The molecule has 0 aromatic carbocycles. The van der Waals surface area contributed by atoms with Crippen molar-refractivity contribution < 1.29 is 0 Å². The largest absolute Gasteiger partial charge is 0.0588 e. The first-order valence-electron chi connectivity index (χ1n) is 5.33. The number of hydrogen-bond acceptors (Lipinski definition) is 0. The number of hydrogen-bond donors (Lipinski definition) is 0. The van der Waals surface area contributed by atoms with Crippen LogP contribution in [-0.4, -0.2) is 0 Å². The average molecular weight is 148 g/mol. The first-order valence-corrected chi connectivity index (χ1v) is 5.33. The zero-order chi connectivity index (χ0) is 7.22. The Balaban J connectivity index is 1.94. The van der Waals surface area contributed by atoms with E-state index in [1.165, 1.54) is 29.6 Å². The zero-order valence-corrected chi connectivity index (χ0v) is 7.22. The highest BCUT2D eigenvalue weighted by Crippen LogP contribution is 2.83. The van der Waals surface area contributed by atoms with Crippen molar-refractivity contribution in [3.63, 3.8) is 0 Å². The second-order valence-corrected chi connectivity index (χ2v) is 5.58. The van der Waals surface area contributed by atoms with Crippen LogP contribution in [-0.2, 0) is 0 Å². The van der Waals surface area contributed by atoms with E-state index in [9.17, 15) is 0 Å². The van der Waals surface area contributed by atoms with E-state index in [1.807, 2.05) is 0 Å². The molecule has 6 bridgehead atoms. The van der Waals surface area contributed by atoms with E-state index < -0.39 is 0 Å². The predicted octanol–water partition coefficient (Wildman–Crippen LogP) is 2.69. The third kappa shape index (κ3) is 0.331. The Morgan fingerprint density at radius 1 is 0.909 bits per heavy atom. The van der Waals surface area contributed by atoms with E-state index in [-0.39, 0.29) is 0 Å². The van der Waals surface area contributed by atoms with Gasteiger partial charge in [0.25, 0.3) is 0 Å². The monoisotopic (exact) mass is 148 g/mol. The summed E-state index contributed by atoms with van der Waals surface area (Å²) in [4.78, 5) is 0. The summed E-state index contributed by atoms with van der Waals surface area (Å²) in [6.07, 6.45) is 6.39. The molecular weight excluding hydrogens is 132 g/mol. The van der Waals surface area contributed by atoms with Crippen LogP contribution in [0.2, 0.25) is 0 Å². The van der Waals surface area contributed by atoms with Crippen LogP contribution in [0, 0.1) is 35.0 Å². The summed E-state index contributed by atoms with van der Waals surface area (Å²) in [6.45, 7) is 2.61. The van der Waals surface area contributed by atoms with Crippen LogP contribution in [0.5, 0.6) is 0 Å². The van der Waals surface area contributed by atoms with Gasteiger partial charge in [-0.15, -0.1) is 0 Å². The Labute approximate surface area is 68.4 Å². The Morgan fingerprint density at radius 3 is 2.09 bits per heavy atom. The van der Waals surface area contributed by atoms with E-state index >= 15 is 0 Å². The topological polar surface area (TPSA) is 0 Å². The molecule has 6 unspecified atom stereocenters. The van der Waals surface area contributed by atoms with Crippen molar-refractivity contribution in [1.82, 2.24) is 0 Å². The van der Waals surface area contributed by atoms with Crippen molar-refractivity contribution in [3.05, 3.63) is 0 Å². The maximum Gasteiger partial charge on any atom is -0.0232 e. The van der Waals surface area contributed by atoms with Gasteiger partial charge in [0.1, 0.15) is 0 Å². The molecule has 0 spiro atoms. The third-order valence-electron chi connectivity index (χ3n) is 5.94. The highest BCUT2D eigenvalue weighted by atomic mass is 14.8. The minimum absolute atomic E-state index is 0.883. The lowest BCUT2D eigenvalue weighted by molar-refractivity contribution is -0.0257. The Kier molecular flexibility index (Phi) is 0.661. The molecule has 60 valence electrons. The Hall–Kier alpha value is 0. The zero-order valence-electron chi connectivity index (χ0n) is 7.22. The molecule has 5 aliphatic rings. The van der Waals surface area contributed by atoms with Gasteiger partial charge in [-0.05, 0) is 60.7 Å². The second-order valence-electron chi connectivity index (χ2n) is 5.58. The highest BCUT2D eigenvalue weighted by molar-refractivity contribution is 5.24. The summed E-state index contributed by atoms with van der Waals surface area (Å²) < 4.78 is 0. The Bertz CT molecular complexity index is 213. The van der Waals surface area contributed by atoms with Gasteiger partial charge in [0, 0.05) is 0 Å². The van der Waals surface area contributed by atoms with Crippen LogP contribution >= 0.6 is 0 Å². The van der Waals surface area contributed by atoms with Gasteiger partial charge in [-0.3, -0.25) is 0 Å². The molecular formula is C11H16. The van der Waals surface area contributed by atoms with Crippen molar-refractivity contribution in [2.45, 2.75) is 32.6 Å². The van der Waals surface area contributed by atoms with Crippen LogP contribution in [0.4, 0.5) is 0 Å². The van der Waals surface area contributed by atoms with Gasteiger partial charge in [0.05, 0.1) is 0 Å². The first kappa shape index (κ1) is 5.61. The lowest BCUT2D eigenvalue weighted by Crippen LogP contribution is -2.45. The van der Waals surface area contributed by atoms with Crippen molar-refractivity contribution in [1.29, 1.82) is 0 Å². The van der Waals surface area contributed by atoms with Crippen molar-refractivity contribution in [3.8, 4) is 0 Å². The smallest absolute Gasteiger partial charge is 0.0232 e. The summed E-state index contributed by atoms with van der Waals surface area (Å²) in [5.74, 6) is 6.04. The molecule has 0 nitrogen and oxygen atoms in total. The molecule has 11 heavy (non-hydrogen) atoms. The molecule has 5 rings (SSSR count). The quantitative estimate of drug-likeness (QED) is 0.495. The van der Waals surface area contributed by atoms with Gasteiger partial charge < -0.3 is 0 Å². The molecule has 0 aromatic heterocycles. The third-order valence-corrected chi connectivity index (χ3v) is 5.94. The summed E-state index contributed by atoms with van der Waals surface area (Å²) in [7, 11) is 0. The van der Waals surface area contributed by atoms with Gasteiger partial charge in [0.2, 0.25) is 0 Å². The maximum absolute atomic E-state index is 2.61. The minimum Gasteiger partial charge on any atom is -0.0588 e. The van der Waals surface area contributed by atoms with Gasteiger partial charge in [-0.2, -0.15) is 0 Å². The molecule has 5 aliphatic carbocycles. The molecule has 0 N–H and O–H groups in total. The molecule has 5 fully saturated rings. The van der Waals surface area contributed by atoms with Gasteiger partial charge >= 0.3 is 0 Å². The fourth-order valence-corrected chi connectivity index (χ4v) is 5.80. The first-order chi connectivity index (χ1) is 5.33. The maximum atomic E-state index is 2.61. The molecule has 0 heteroatoms. The van der Waals surface area contributed by atoms with Crippen LogP contribution in [0.15, 0.2) is 0 Å². The van der Waals surface area contributed by atoms with E-state index in [2.05, 4.69) is 6.92 Å². The van der Waals surface area contributed by atoms with E-state index in [0.29, 0.717) is 0 Å². The summed E-state index contributed by atoms with van der Waals surface area (Å²) in [5, 5.41) is 0. The second kappa shape index (κ2) is 1.30. The standard InChI is InChI=1S/C11H16/c1-11-7-4-5-9(11)10-6(7)2-3-8(10)11/h6-10H,2-5H2,1H3. The molecule has 5 saturated carbocycles. The summed E-state index contributed by atoms with van der Waals surface area (Å²) >= 11 is 0. The average Bonchev–Trinajstić information content (AvgIpc) is 2.61. The fraction of sp³-hybridized carbons (Fsp3) is 1.00. The normalized spacial score (nSPS) is 75.5. The highest BCUT2D eigenvalue weighted by Gasteiger charge is 2.76. The predicted molar refractivity (Wildman–Crippen MR) is 44.0 cm³/mol. The van der Waals surface area contributed by atoms with Gasteiger partial charge in [0.15, 0.2) is 0 Å². The van der Waals surface area contributed by atoms with Crippen LogP contribution < -0.4 is 0 Å². The minimum atomic E-state index is 0.883. The van der Waals surface area contributed by atoms with Crippen LogP contribution in [0.3, 0.4) is 0 Å². The molecule has 0 aliphatic heterocycles. The molecule has 6 atom stereocenters. The molecule has 0 saturated heterocycles. The molecule has 0 amide bonds. The van der Waals surface area contributed by atoms with Crippen LogP contribution in [0.1, 0.15) is 32.6 Å². The Morgan fingerprint density at radius 2 is 1.55 bits per heavy atom. The molecule has 0 aromatic rings. The SMILES string of the molecule is CC12C3CCC1C1C3CCC12. The number of rotatable bonds is 0. The lowest BCUT2D eigenvalue weighted by atomic mass is 9.54. The summed E-state index contributed by atoms with van der Waals surface area (Å²) in [6, 6.07) is 0. The van der Waals surface area contributed by atoms with Crippen molar-refractivity contribution in [2.24, 2.45) is 35.0 Å². The van der Waals surface area contributed by atoms with Crippen LogP contribution in [0.25, 0.3) is 0 Å². The molecule has 0 radical (unpaired) electrons. The lowest BCUT2D eigenvalue weighted by Gasteiger charge is -2.50. The van der Waals surface area contributed by atoms with E-state index in [1.54, 1.807) is 25.7 Å². The fourth-order valence-electron chi connectivity index (χ4n) is 5.80.